The number of hydrogen-bond donors (Lipinski definition) is 1. The van der Waals surface area contributed by atoms with Crippen LogP contribution in [0.5, 0.6) is 0 Å². The van der Waals surface area contributed by atoms with Crippen molar-refractivity contribution in [2.45, 2.75) is 6.92 Å². The minimum absolute atomic E-state index is 0.115. The number of nitrogens with zero attached hydrogens (tertiary/aromatic N) is 3. The fraction of sp³-hybridized carbons (Fsp3) is 0.267. The van der Waals surface area contributed by atoms with E-state index in [4.69, 9.17) is 21.6 Å². The maximum absolute atomic E-state index is 11.6. The molecule has 0 saturated carbocycles. The first-order valence-electron chi connectivity index (χ1n) is 6.77. The summed E-state index contributed by atoms with van der Waals surface area (Å²) < 4.78 is 4.80. The summed E-state index contributed by atoms with van der Waals surface area (Å²) in [7, 11) is 0. The van der Waals surface area contributed by atoms with Gasteiger partial charge in [0.15, 0.2) is 5.57 Å². The van der Waals surface area contributed by atoms with Gasteiger partial charge in [-0.2, -0.15) is 5.26 Å². The molecule has 0 atom stereocenters. The topological polar surface area (TPSA) is 77.7 Å². The van der Waals surface area contributed by atoms with Gasteiger partial charge in [-0.1, -0.05) is 23.7 Å². The monoisotopic (exact) mass is 318 g/mol. The van der Waals surface area contributed by atoms with Crippen LogP contribution in [0.4, 0.5) is 5.69 Å². The van der Waals surface area contributed by atoms with E-state index in [2.05, 4.69) is 10.3 Å². The molecule has 1 N–H and O–H groups in total. The van der Waals surface area contributed by atoms with E-state index in [9.17, 15) is 4.79 Å². The van der Waals surface area contributed by atoms with Crippen molar-refractivity contribution in [1.29, 1.82) is 5.26 Å². The van der Waals surface area contributed by atoms with E-state index in [0.29, 0.717) is 24.1 Å². The number of anilines is 1. The Morgan fingerprint density at radius 3 is 3.05 bits per heavy atom. The molecule has 2 rings (SSSR count). The molecule has 0 unspecified atom stereocenters. The highest BCUT2D eigenvalue weighted by Gasteiger charge is 2.20. The quantitative estimate of drug-likeness (QED) is 0.522. The van der Waals surface area contributed by atoms with E-state index >= 15 is 0 Å². The van der Waals surface area contributed by atoms with Gasteiger partial charge in [0, 0.05) is 12.7 Å². The molecule has 0 fully saturated rings. The number of carbonyl (C=O) groups is 1. The summed E-state index contributed by atoms with van der Waals surface area (Å²) >= 11 is 6.18. The van der Waals surface area contributed by atoms with Gasteiger partial charge in [-0.15, -0.1) is 0 Å². The third-order valence-electron chi connectivity index (χ3n) is 2.95. The van der Waals surface area contributed by atoms with Gasteiger partial charge in [0.1, 0.15) is 6.07 Å². The van der Waals surface area contributed by atoms with Gasteiger partial charge < -0.3 is 15.0 Å². The van der Waals surface area contributed by atoms with Crippen LogP contribution < -0.4 is 10.2 Å². The number of esters is 1. The molecule has 6 nitrogen and oxygen atoms in total. The minimum atomic E-state index is -0.666. The lowest BCUT2D eigenvalue weighted by Crippen LogP contribution is -2.36. The van der Waals surface area contributed by atoms with Gasteiger partial charge in [-0.25, -0.2) is 4.79 Å². The Bertz CT molecular complexity index is 664. The van der Waals surface area contributed by atoms with Crippen LogP contribution in [0.25, 0.3) is 0 Å². The molecule has 1 aromatic carbocycles. The highest BCUT2D eigenvalue weighted by Crippen LogP contribution is 2.26. The summed E-state index contributed by atoms with van der Waals surface area (Å²) in [4.78, 5) is 17.8. The Morgan fingerprint density at radius 2 is 2.36 bits per heavy atom. The normalized spacial score (nSPS) is 14.3. The molecular weight excluding hydrogens is 304 g/mol. The predicted octanol–water partition coefficient (Wildman–Crippen LogP) is 2.08. The second kappa shape index (κ2) is 7.48. The molecule has 0 spiro atoms. The van der Waals surface area contributed by atoms with Crippen LogP contribution in [0.15, 0.2) is 41.0 Å². The van der Waals surface area contributed by atoms with Crippen LogP contribution in [0.3, 0.4) is 0 Å². The number of benzene rings is 1. The summed E-state index contributed by atoms with van der Waals surface area (Å²) in [5.41, 5.74) is 0.700. The van der Waals surface area contributed by atoms with E-state index in [0.717, 1.165) is 5.69 Å². The van der Waals surface area contributed by atoms with Gasteiger partial charge in [0.2, 0.25) is 5.96 Å². The Morgan fingerprint density at radius 1 is 1.59 bits per heavy atom. The van der Waals surface area contributed by atoms with E-state index in [1.165, 1.54) is 6.20 Å². The third kappa shape index (κ3) is 3.57. The Balaban J connectivity index is 2.14. The zero-order valence-electron chi connectivity index (χ0n) is 12.0. The number of rotatable bonds is 4. The molecular formula is C15H15ClN4O2. The molecule has 1 aromatic rings. The van der Waals surface area contributed by atoms with Gasteiger partial charge >= 0.3 is 5.97 Å². The standard InChI is InChI=1S/C15H15ClN4O2/c1-2-22-14(21)11(9-17)10-19-15-18-7-8-20(15)13-6-4-3-5-12(13)16/h3-6,10H,2,7-8H2,1H3,(H,18,19)/b11-10+. The summed E-state index contributed by atoms with van der Waals surface area (Å²) in [6.45, 7) is 3.16. The molecule has 114 valence electrons. The Labute approximate surface area is 133 Å². The fourth-order valence-electron chi connectivity index (χ4n) is 1.96. The van der Waals surface area contributed by atoms with Crippen molar-refractivity contribution < 1.29 is 9.53 Å². The lowest BCUT2D eigenvalue weighted by Gasteiger charge is -2.21. The van der Waals surface area contributed by atoms with Crippen molar-refractivity contribution >= 4 is 29.2 Å². The van der Waals surface area contributed by atoms with Crippen molar-refractivity contribution in [3.63, 3.8) is 0 Å². The summed E-state index contributed by atoms with van der Waals surface area (Å²) in [5, 5.41) is 12.5. The second-order valence-corrected chi connectivity index (χ2v) is 4.75. The van der Waals surface area contributed by atoms with Crippen LogP contribution >= 0.6 is 11.6 Å². The highest BCUT2D eigenvalue weighted by atomic mass is 35.5. The molecule has 0 radical (unpaired) electrons. The number of para-hydroxylation sites is 1. The summed E-state index contributed by atoms with van der Waals surface area (Å²) in [6.07, 6.45) is 1.30. The summed E-state index contributed by atoms with van der Waals surface area (Å²) in [5.74, 6) is -0.134. The third-order valence-corrected chi connectivity index (χ3v) is 3.27. The van der Waals surface area contributed by atoms with Crippen molar-refractivity contribution in [3.8, 4) is 6.07 Å². The molecule has 22 heavy (non-hydrogen) atoms. The van der Waals surface area contributed by atoms with Gasteiger partial charge in [-0.3, -0.25) is 4.99 Å². The Hall–Kier alpha value is -2.52. The van der Waals surface area contributed by atoms with Crippen molar-refractivity contribution in [2.24, 2.45) is 4.99 Å². The molecule has 0 saturated heterocycles. The van der Waals surface area contributed by atoms with Crippen molar-refractivity contribution in [1.82, 2.24) is 5.32 Å². The molecule has 1 heterocycles. The van der Waals surface area contributed by atoms with Crippen LogP contribution in [-0.2, 0) is 9.53 Å². The molecule has 0 amide bonds. The zero-order valence-corrected chi connectivity index (χ0v) is 12.8. The highest BCUT2D eigenvalue weighted by molar-refractivity contribution is 6.33. The molecule has 1 aliphatic rings. The number of nitriles is 1. The van der Waals surface area contributed by atoms with Crippen LogP contribution in [0, 0.1) is 11.3 Å². The number of ether oxygens (including phenoxy) is 1. The molecule has 0 bridgehead atoms. The molecule has 7 heteroatoms. The van der Waals surface area contributed by atoms with Crippen molar-refractivity contribution in [3.05, 3.63) is 41.1 Å². The second-order valence-electron chi connectivity index (χ2n) is 4.34. The maximum Gasteiger partial charge on any atom is 0.350 e. The maximum atomic E-state index is 11.6. The minimum Gasteiger partial charge on any atom is -0.462 e. The largest absolute Gasteiger partial charge is 0.462 e. The lowest BCUT2D eigenvalue weighted by atomic mass is 10.3. The van der Waals surface area contributed by atoms with E-state index < -0.39 is 5.97 Å². The number of aliphatic imine (C=N–C) groups is 1. The van der Waals surface area contributed by atoms with E-state index in [1.54, 1.807) is 19.1 Å². The van der Waals surface area contributed by atoms with Gasteiger partial charge in [0.25, 0.3) is 0 Å². The summed E-state index contributed by atoms with van der Waals surface area (Å²) in [6, 6.07) is 9.20. The average molecular weight is 319 g/mol. The zero-order chi connectivity index (χ0) is 15.9. The molecule has 1 aliphatic heterocycles. The van der Waals surface area contributed by atoms with Gasteiger partial charge in [-0.05, 0) is 19.1 Å². The molecule has 0 aliphatic carbocycles. The lowest BCUT2D eigenvalue weighted by molar-refractivity contribution is -0.138. The SMILES string of the molecule is CCOC(=O)/C(C#N)=C/NC1=NCCN1c1ccccc1Cl. The van der Waals surface area contributed by atoms with Crippen molar-refractivity contribution in [2.75, 3.05) is 24.6 Å². The number of nitrogens with one attached hydrogen (secondary N) is 1. The number of guanidine groups is 1. The fourth-order valence-corrected chi connectivity index (χ4v) is 2.20. The van der Waals surface area contributed by atoms with Gasteiger partial charge in [0.05, 0.1) is 23.9 Å². The van der Waals surface area contributed by atoms with Crippen LogP contribution in [-0.4, -0.2) is 31.6 Å². The smallest absolute Gasteiger partial charge is 0.350 e. The Kier molecular flexibility index (Phi) is 5.39. The number of hydrogen-bond acceptors (Lipinski definition) is 6. The average Bonchev–Trinajstić information content (AvgIpc) is 2.97. The first kappa shape index (κ1) is 15.9. The first-order valence-corrected chi connectivity index (χ1v) is 7.15. The number of carbonyl (C=O) groups excluding carboxylic acids is 1. The van der Waals surface area contributed by atoms with E-state index in [-0.39, 0.29) is 12.2 Å². The predicted molar refractivity (Wildman–Crippen MR) is 84.6 cm³/mol. The first-order chi connectivity index (χ1) is 10.7. The molecule has 0 aromatic heterocycles. The number of halogens is 1. The van der Waals surface area contributed by atoms with Crippen LogP contribution in [0.1, 0.15) is 6.92 Å². The van der Waals surface area contributed by atoms with Crippen LogP contribution in [0.2, 0.25) is 5.02 Å². The van der Waals surface area contributed by atoms with E-state index in [1.807, 2.05) is 23.1 Å².